The van der Waals surface area contributed by atoms with Crippen molar-refractivity contribution in [1.82, 2.24) is 10.2 Å². The van der Waals surface area contributed by atoms with Gasteiger partial charge in [0.15, 0.2) is 0 Å². The lowest BCUT2D eigenvalue weighted by atomic mass is 10.2. The van der Waals surface area contributed by atoms with Crippen LogP contribution < -0.4 is 5.32 Å². The van der Waals surface area contributed by atoms with Crippen molar-refractivity contribution in [2.45, 2.75) is 6.54 Å². The molecule has 0 fully saturated rings. The van der Waals surface area contributed by atoms with E-state index in [0.717, 1.165) is 19.6 Å². The van der Waals surface area contributed by atoms with Gasteiger partial charge in [0, 0.05) is 49.4 Å². The Morgan fingerprint density at radius 3 is 2.85 bits per heavy atom. The second-order valence-electron chi connectivity index (χ2n) is 4.50. The van der Waals surface area contributed by atoms with Crippen molar-refractivity contribution in [2.75, 3.05) is 40.4 Å². The number of nitro groups is 1. The lowest BCUT2D eigenvalue weighted by Crippen LogP contribution is -2.31. The van der Waals surface area contributed by atoms with Gasteiger partial charge in [0.1, 0.15) is 0 Å². The maximum atomic E-state index is 11.0. The molecule has 0 radical (unpaired) electrons. The van der Waals surface area contributed by atoms with Crippen LogP contribution >= 0.6 is 15.9 Å². The average molecular weight is 346 g/mol. The Bertz CT molecular complexity index is 443. The summed E-state index contributed by atoms with van der Waals surface area (Å²) in [4.78, 5) is 12.8. The van der Waals surface area contributed by atoms with E-state index in [0.29, 0.717) is 23.2 Å². The minimum atomic E-state index is -0.355. The van der Waals surface area contributed by atoms with Crippen LogP contribution in [0.4, 0.5) is 5.69 Å². The molecule has 1 aromatic carbocycles. The molecule has 7 heteroatoms. The summed E-state index contributed by atoms with van der Waals surface area (Å²) in [6.07, 6.45) is 0. The number of benzene rings is 1. The molecule has 0 spiro atoms. The van der Waals surface area contributed by atoms with Gasteiger partial charge in [-0.2, -0.15) is 0 Å². The van der Waals surface area contributed by atoms with E-state index in [9.17, 15) is 10.1 Å². The lowest BCUT2D eigenvalue weighted by molar-refractivity contribution is -0.385. The fourth-order valence-corrected chi connectivity index (χ4v) is 2.06. The molecule has 0 amide bonds. The summed E-state index contributed by atoms with van der Waals surface area (Å²) in [7, 11) is 3.70. The number of ether oxygens (including phenoxy) is 1. The predicted octanol–water partition coefficient (Wildman–Crippen LogP) is 2.03. The highest BCUT2D eigenvalue weighted by molar-refractivity contribution is 9.10. The number of nitro benzene ring substituents is 1. The van der Waals surface area contributed by atoms with E-state index >= 15 is 0 Å². The molecule has 1 rings (SSSR count). The zero-order valence-corrected chi connectivity index (χ0v) is 13.4. The van der Waals surface area contributed by atoms with Gasteiger partial charge in [0.25, 0.3) is 5.69 Å². The van der Waals surface area contributed by atoms with Crippen molar-refractivity contribution in [2.24, 2.45) is 0 Å². The summed E-state index contributed by atoms with van der Waals surface area (Å²) in [5.74, 6) is 0. The third-order valence-electron chi connectivity index (χ3n) is 2.91. The number of nitrogens with one attached hydrogen (secondary N) is 1. The van der Waals surface area contributed by atoms with Gasteiger partial charge in [-0.1, -0.05) is 15.9 Å². The number of likely N-dealkylation sites (N-methyl/N-ethyl adjacent to an activating group) is 1. The first kappa shape index (κ1) is 17.0. The fraction of sp³-hybridized carbons (Fsp3) is 0.538. The van der Waals surface area contributed by atoms with Gasteiger partial charge >= 0.3 is 0 Å². The molecule has 0 saturated heterocycles. The molecular weight excluding hydrogens is 326 g/mol. The second kappa shape index (κ2) is 9.02. The third-order valence-corrected chi connectivity index (χ3v) is 3.40. The van der Waals surface area contributed by atoms with Crippen LogP contribution in [0.5, 0.6) is 0 Å². The Morgan fingerprint density at radius 1 is 1.45 bits per heavy atom. The Hall–Kier alpha value is -1.02. The molecule has 0 aromatic heterocycles. The molecular formula is C13H20BrN3O3. The molecule has 112 valence electrons. The number of rotatable bonds is 9. The molecule has 0 aliphatic heterocycles. The SMILES string of the molecule is COCCN(C)CCNCc1ccc(Br)cc1[N+](=O)[O-]. The van der Waals surface area contributed by atoms with Crippen molar-refractivity contribution in [3.63, 3.8) is 0 Å². The van der Waals surface area contributed by atoms with E-state index in [-0.39, 0.29) is 10.6 Å². The Balaban J connectivity index is 2.40. The highest BCUT2D eigenvalue weighted by atomic mass is 79.9. The first-order valence-corrected chi connectivity index (χ1v) is 7.15. The molecule has 0 unspecified atom stereocenters. The first-order valence-electron chi connectivity index (χ1n) is 6.35. The van der Waals surface area contributed by atoms with Gasteiger partial charge in [0.2, 0.25) is 0 Å². The molecule has 1 aromatic rings. The molecule has 0 bridgehead atoms. The molecule has 6 nitrogen and oxygen atoms in total. The van der Waals surface area contributed by atoms with Gasteiger partial charge in [-0.15, -0.1) is 0 Å². The predicted molar refractivity (Wildman–Crippen MR) is 81.9 cm³/mol. The standard InChI is InChI=1S/C13H20BrN3O3/c1-16(7-8-20-2)6-5-15-10-11-3-4-12(14)9-13(11)17(18)19/h3-4,9,15H,5-8,10H2,1-2H3. The Morgan fingerprint density at radius 2 is 2.20 bits per heavy atom. The lowest BCUT2D eigenvalue weighted by Gasteiger charge is -2.16. The zero-order valence-electron chi connectivity index (χ0n) is 11.8. The number of hydrogen-bond donors (Lipinski definition) is 1. The van der Waals surface area contributed by atoms with E-state index in [1.165, 1.54) is 6.07 Å². The van der Waals surface area contributed by atoms with Crippen LogP contribution in [0.1, 0.15) is 5.56 Å². The summed E-state index contributed by atoms with van der Waals surface area (Å²) in [6.45, 7) is 3.70. The third kappa shape index (κ3) is 5.96. The van der Waals surface area contributed by atoms with Crippen LogP contribution in [0.2, 0.25) is 0 Å². The molecule has 0 saturated carbocycles. The average Bonchev–Trinajstić information content (AvgIpc) is 2.42. The van der Waals surface area contributed by atoms with Crippen molar-refractivity contribution in [3.05, 3.63) is 38.3 Å². The highest BCUT2D eigenvalue weighted by Gasteiger charge is 2.13. The van der Waals surface area contributed by atoms with Crippen LogP contribution in [-0.4, -0.2) is 50.2 Å². The van der Waals surface area contributed by atoms with Crippen molar-refractivity contribution < 1.29 is 9.66 Å². The maximum Gasteiger partial charge on any atom is 0.275 e. The summed E-state index contributed by atoms with van der Waals surface area (Å²) in [5, 5.41) is 14.2. The number of halogens is 1. The summed E-state index contributed by atoms with van der Waals surface area (Å²) in [5.41, 5.74) is 0.831. The van der Waals surface area contributed by atoms with Crippen LogP contribution in [0.3, 0.4) is 0 Å². The molecule has 0 aliphatic rings. The summed E-state index contributed by atoms with van der Waals surface area (Å²) >= 11 is 3.25. The molecule has 20 heavy (non-hydrogen) atoms. The van der Waals surface area contributed by atoms with Crippen LogP contribution in [-0.2, 0) is 11.3 Å². The van der Waals surface area contributed by atoms with Gasteiger partial charge in [-0.25, -0.2) is 0 Å². The van der Waals surface area contributed by atoms with E-state index in [1.807, 2.05) is 13.1 Å². The van der Waals surface area contributed by atoms with Crippen LogP contribution in [0.25, 0.3) is 0 Å². The minimum absolute atomic E-state index is 0.139. The summed E-state index contributed by atoms with van der Waals surface area (Å²) < 4.78 is 5.71. The Kier molecular flexibility index (Phi) is 7.68. The van der Waals surface area contributed by atoms with Gasteiger partial charge in [-0.05, 0) is 19.2 Å². The van der Waals surface area contributed by atoms with Gasteiger partial charge in [0.05, 0.1) is 11.5 Å². The van der Waals surface area contributed by atoms with Crippen molar-refractivity contribution in [3.8, 4) is 0 Å². The van der Waals surface area contributed by atoms with Crippen molar-refractivity contribution in [1.29, 1.82) is 0 Å². The van der Waals surface area contributed by atoms with Gasteiger partial charge < -0.3 is 15.0 Å². The van der Waals surface area contributed by atoms with Crippen LogP contribution in [0.15, 0.2) is 22.7 Å². The molecule has 0 heterocycles. The quantitative estimate of drug-likeness (QED) is 0.421. The van der Waals surface area contributed by atoms with Gasteiger partial charge in [-0.3, -0.25) is 10.1 Å². The van der Waals surface area contributed by atoms with E-state index in [2.05, 4.69) is 26.1 Å². The van der Waals surface area contributed by atoms with E-state index in [4.69, 9.17) is 4.74 Å². The largest absolute Gasteiger partial charge is 0.383 e. The number of methoxy groups -OCH3 is 1. The van der Waals surface area contributed by atoms with E-state index < -0.39 is 0 Å². The topological polar surface area (TPSA) is 67.6 Å². The summed E-state index contributed by atoms with van der Waals surface area (Å²) in [6, 6.07) is 5.11. The van der Waals surface area contributed by atoms with Crippen LogP contribution in [0, 0.1) is 10.1 Å². The minimum Gasteiger partial charge on any atom is -0.383 e. The fourth-order valence-electron chi connectivity index (χ4n) is 1.71. The zero-order chi connectivity index (χ0) is 15.0. The highest BCUT2D eigenvalue weighted by Crippen LogP contribution is 2.23. The number of hydrogen-bond acceptors (Lipinski definition) is 5. The Labute approximate surface area is 127 Å². The molecule has 0 aliphatic carbocycles. The second-order valence-corrected chi connectivity index (χ2v) is 5.42. The number of nitrogens with zero attached hydrogens (tertiary/aromatic N) is 2. The maximum absolute atomic E-state index is 11.0. The van der Waals surface area contributed by atoms with E-state index in [1.54, 1.807) is 13.2 Å². The smallest absolute Gasteiger partial charge is 0.275 e. The molecule has 0 atom stereocenters. The normalized spacial score (nSPS) is 11.0. The first-order chi connectivity index (χ1) is 9.54. The monoisotopic (exact) mass is 345 g/mol. The van der Waals surface area contributed by atoms with Crippen molar-refractivity contribution >= 4 is 21.6 Å². The molecule has 1 N–H and O–H groups in total.